The van der Waals surface area contributed by atoms with Crippen molar-refractivity contribution in [2.45, 2.75) is 67.5 Å². The molecule has 0 spiro atoms. The van der Waals surface area contributed by atoms with E-state index in [0.717, 1.165) is 88.3 Å². The Morgan fingerprint density at radius 3 is 0.939 bits per heavy atom. The zero-order valence-corrected chi connectivity index (χ0v) is 47.4. The monoisotopic (exact) mass is 1070 g/mol. The molecule has 2 unspecified atom stereocenters. The fourth-order valence-electron chi connectivity index (χ4n) is 11.2. The van der Waals surface area contributed by atoms with Crippen molar-refractivity contribution in [1.82, 2.24) is 0 Å². The second-order valence-corrected chi connectivity index (χ2v) is 22.1. The van der Waals surface area contributed by atoms with Gasteiger partial charge in [-0.15, -0.1) is 0 Å². The summed E-state index contributed by atoms with van der Waals surface area (Å²) in [4.78, 5) is 29.6. The van der Waals surface area contributed by atoms with E-state index in [0.29, 0.717) is 56.7 Å². The van der Waals surface area contributed by atoms with Crippen LogP contribution in [0.1, 0.15) is 90.4 Å². The molecule has 0 radical (unpaired) electrons. The largest absolute Gasteiger partial charge is 0.455 e. The van der Waals surface area contributed by atoms with E-state index in [-0.39, 0.29) is 11.6 Å². The molecule has 0 fully saturated rings. The van der Waals surface area contributed by atoms with Crippen molar-refractivity contribution in [3.05, 3.63) is 285 Å². The molecule has 0 N–H and O–H groups in total. The summed E-state index contributed by atoms with van der Waals surface area (Å²) in [6.07, 6.45) is 8.12. The molecule has 402 valence electrons. The number of aryl methyl sites for hydroxylation is 4. The minimum Gasteiger partial charge on any atom is -0.455 e. The Labute approximate surface area is 478 Å². The van der Waals surface area contributed by atoms with Gasteiger partial charge >= 0.3 is 0 Å². The minimum absolute atomic E-state index is 0.0623. The lowest BCUT2D eigenvalue weighted by atomic mass is 9.80. The summed E-state index contributed by atoms with van der Waals surface area (Å²) in [6.45, 7) is 16.4. The minimum atomic E-state index is -0.720. The molecular formula is C74H62N4O4. The van der Waals surface area contributed by atoms with Gasteiger partial charge < -0.3 is 8.83 Å². The normalized spacial score (nSPS) is 15.1. The summed E-state index contributed by atoms with van der Waals surface area (Å²) in [7, 11) is 0. The molecule has 0 aliphatic heterocycles. The number of hydrogen-bond donors (Lipinski definition) is 0. The Kier molecular flexibility index (Phi) is 14.3. The molecular weight excluding hydrogens is 1010 g/mol. The Balaban J connectivity index is 1.02. The Bertz CT molecular complexity index is 3920. The summed E-state index contributed by atoms with van der Waals surface area (Å²) < 4.78 is 14.5. The molecule has 8 aromatic carbocycles. The molecule has 0 saturated heterocycles. The van der Waals surface area contributed by atoms with Crippen LogP contribution in [0.4, 0.5) is 11.4 Å². The number of ketones is 2. The highest BCUT2D eigenvalue weighted by molar-refractivity contribution is 6.44. The van der Waals surface area contributed by atoms with Gasteiger partial charge in [0.2, 0.25) is 0 Å². The second-order valence-electron chi connectivity index (χ2n) is 22.1. The standard InChI is InChI=1S/C74H62N4O4/c1-43-17-25-53(26-18-43)63-39-59(40-64(69(63)79)54-27-19-44(2)20-28-54)67(77-75-61-35-33-51-13-9-11-15-57(51)37-61)71-47(5)49(7)73(81-71)74-50(8)48(6)72(82-74)68(78-76-62-36-34-52-14-10-12-16-58(52)38-62)60-41-65(55-29-21-45(3)22-30-55)70(80)66(42-60)56-31-23-46(4)24-32-56/h9-42,59-60,67-68H,1-8H3/b77-75+,78-76+. The number of benzene rings is 8. The fraction of sp³-hybridized carbons (Fsp3) is 0.162. The molecule has 82 heavy (non-hydrogen) atoms. The van der Waals surface area contributed by atoms with Crippen LogP contribution in [-0.4, -0.2) is 11.6 Å². The summed E-state index contributed by atoms with van der Waals surface area (Å²) in [5.74, 6) is 1.23. The molecule has 10 aromatic rings. The van der Waals surface area contributed by atoms with Gasteiger partial charge in [0.25, 0.3) is 0 Å². The lowest BCUT2D eigenvalue weighted by Crippen LogP contribution is -2.17. The van der Waals surface area contributed by atoms with Crippen molar-refractivity contribution in [1.29, 1.82) is 0 Å². The fourth-order valence-corrected chi connectivity index (χ4v) is 11.2. The quantitative estimate of drug-likeness (QED) is 0.107. The van der Waals surface area contributed by atoms with Crippen LogP contribution in [0, 0.1) is 67.2 Å². The predicted molar refractivity (Wildman–Crippen MR) is 331 cm³/mol. The summed E-state index contributed by atoms with van der Waals surface area (Å²) in [6, 6.07) is 59.5. The number of azo groups is 2. The molecule has 2 aliphatic rings. The maximum Gasteiger partial charge on any atom is 0.193 e. The average molecular weight is 1070 g/mol. The third-order valence-electron chi connectivity index (χ3n) is 16.4. The summed E-state index contributed by atoms with van der Waals surface area (Å²) >= 11 is 0. The number of carbonyl (C=O) groups excluding carboxylic acids is 2. The molecule has 12 rings (SSSR count). The zero-order valence-electron chi connectivity index (χ0n) is 47.4. The van der Waals surface area contributed by atoms with Crippen molar-refractivity contribution in [3.63, 3.8) is 0 Å². The first-order valence-corrected chi connectivity index (χ1v) is 28.0. The van der Waals surface area contributed by atoms with Crippen LogP contribution in [0.25, 0.3) is 55.4 Å². The van der Waals surface area contributed by atoms with Gasteiger partial charge in [0.1, 0.15) is 23.6 Å². The zero-order chi connectivity index (χ0) is 56.8. The van der Waals surface area contributed by atoms with Crippen molar-refractivity contribution in [2.24, 2.45) is 32.3 Å². The molecule has 0 saturated carbocycles. The van der Waals surface area contributed by atoms with Gasteiger partial charge in [0.05, 0.1) is 11.4 Å². The molecule has 0 bridgehead atoms. The molecule has 8 heteroatoms. The van der Waals surface area contributed by atoms with Gasteiger partial charge in [0, 0.05) is 45.3 Å². The maximum atomic E-state index is 14.8. The molecule has 8 nitrogen and oxygen atoms in total. The van der Waals surface area contributed by atoms with E-state index in [4.69, 9.17) is 29.3 Å². The van der Waals surface area contributed by atoms with Crippen LogP contribution in [-0.2, 0) is 9.59 Å². The van der Waals surface area contributed by atoms with E-state index in [1.165, 1.54) is 0 Å². The maximum absolute atomic E-state index is 14.8. The number of carbonyl (C=O) groups is 2. The molecule has 2 aliphatic carbocycles. The highest BCUT2D eigenvalue weighted by Crippen LogP contribution is 2.48. The molecule has 2 atom stereocenters. The Morgan fingerprint density at radius 1 is 0.341 bits per heavy atom. The molecule has 2 aromatic heterocycles. The number of Topliss-reactive ketones (excluding diaryl/α,β-unsaturated/α-hetero) is 2. The van der Waals surface area contributed by atoms with Crippen LogP contribution in [0.3, 0.4) is 0 Å². The van der Waals surface area contributed by atoms with E-state index in [2.05, 4.69) is 64.1 Å². The number of hydrogen-bond acceptors (Lipinski definition) is 8. The van der Waals surface area contributed by atoms with Gasteiger partial charge in [0.15, 0.2) is 23.1 Å². The van der Waals surface area contributed by atoms with Gasteiger partial charge in [-0.3, -0.25) is 9.59 Å². The lowest BCUT2D eigenvalue weighted by molar-refractivity contribution is -0.109. The summed E-state index contributed by atoms with van der Waals surface area (Å²) in [5.41, 5.74) is 14.9. The average Bonchev–Trinajstić information content (AvgIpc) is 4.18. The highest BCUT2D eigenvalue weighted by atomic mass is 16.4. The first-order chi connectivity index (χ1) is 39.7. The van der Waals surface area contributed by atoms with Crippen LogP contribution in [0.5, 0.6) is 0 Å². The number of nitrogens with zero attached hydrogens (tertiary/aromatic N) is 4. The van der Waals surface area contributed by atoms with Gasteiger partial charge in [-0.05, 0) is 135 Å². The van der Waals surface area contributed by atoms with Crippen LogP contribution >= 0.6 is 0 Å². The van der Waals surface area contributed by atoms with Gasteiger partial charge in [-0.1, -0.05) is 204 Å². The SMILES string of the molecule is Cc1ccc(C2=CC(C(/N=N/c3ccc4ccccc4c3)c3oc(-c4oc(C(/N=N/c5ccc6ccccc6c5)C5C=C(c6ccc(C)cc6)C(=O)C(c6ccc(C)cc6)=C5)c(C)c4C)c(C)c3C)C=C(c3ccc(C)cc3)C2=O)cc1. The smallest absolute Gasteiger partial charge is 0.193 e. The summed E-state index contributed by atoms with van der Waals surface area (Å²) in [5, 5.41) is 24.7. The first-order valence-electron chi connectivity index (χ1n) is 28.0. The second kappa shape index (κ2) is 22.1. The highest BCUT2D eigenvalue weighted by Gasteiger charge is 2.37. The number of furan rings is 2. The Morgan fingerprint density at radius 2 is 0.634 bits per heavy atom. The predicted octanol–water partition coefficient (Wildman–Crippen LogP) is 19.7. The van der Waals surface area contributed by atoms with Crippen molar-refractivity contribution in [3.8, 4) is 11.5 Å². The van der Waals surface area contributed by atoms with Crippen LogP contribution in [0.15, 0.2) is 236 Å². The number of allylic oxidation sites excluding steroid dienone is 4. The van der Waals surface area contributed by atoms with E-state index in [1.54, 1.807) is 0 Å². The van der Waals surface area contributed by atoms with Crippen LogP contribution < -0.4 is 0 Å². The van der Waals surface area contributed by atoms with E-state index in [1.807, 2.05) is 198 Å². The van der Waals surface area contributed by atoms with Crippen LogP contribution in [0.2, 0.25) is 0 Å². The van der Waals surface area contributed by atoms with Crippen molar-refractivity contribution >= 4 is 66.8 Å². The number of fused-ring (bicyclic) bond motifs is 2. The topological polar surface area (TPSA) is 110 Å². The third-order valence-corrected chi connectivity index (χ3v) is 16.4. The lowest BCUT2D eigenvalue weighted by Gasteiger charge is -2.24. The molecule has 2 heterocycles. The van der Waals surface area contributed by atoms with E-state index >= 15 is 0 Å². The van der Waals surface area contributed by atoms with Gasteiger partial charge in [-0.25, -0.2) is 0 Å². The number of rotatable bonds is 13. The first kappa shape index (κ1) is 53.0. The van der Waals surface area contributed by atoms with Crippen molar-refractivity contribution < 1.29 is 18.4 Å². The van der Waals surface area contributed by atoms with Gasteiger partial charge in [-0.2, -0.15) is 20.5 Å². The van der Waals surface area contributed by atoms with E-state index in [9.17, 15) is 9.59 Å². The van der Waals surface area contributed by atoms with E-state index < -0.39 is 23.9 Å². The van der Waals surface area contributed by atoms with Crippen molar-refractivity contribution in [2.75, 3.05) is 0 Å². The third kappa shape index (κ3) is 10.4. The molecule has 0 amide bonds. The Hall–Kier alpha value is -9.66.